The zero-order valence-electron chi connectivity index (χ0n) is 7.87. The fourth-order valence-corrected chi connectivity index (χ4v) is 0.978. The van der Waals surface area contributed by atoms with Gasteiger partial charge in [0.05, 0.1) is 13.7 Å². The number of hydrogen-bond acceptors (Lipinski definition) is 6. The summed E-state index contributed by atoms with van der Waals surface area (Å²) in [6, 6.07) is 0. The first-order valence-corrected chi connectivity index (χ1v) is 4.22. The lowest BCUT2D eigenvalue weighted by atomic mass is 10.0. The lowest BCUT2D eigenvalue weighted by Gasteiger charge is -2.27. The van der Waals surface area contributed by atoms with Gasteiger partial charge in [-0.15, -0.1) is 0 Å². The van der Waals surface area contributed by atoms with Crippen molar-refractivity contribution in [1.29, 1.82) is 0 Å². The molecule has 0 saturated carbocycles. The quantitative estimate of drug-likeness (QED) is 0.245. The van der Waals surface area contributed by atoms with E-state index >= 15 is 0 Å². The fraction of sp³-hybridized carbons (Fsp3) is 1.00. The minimum absolute atomic E-state index is 0.309. The first-order chi connectivity index (χ1) is 6.40. The third-order valence-corrected chi connectivity index (χ3v) is 1.82. The molecule has 0 aliphatic carbocycles. The molecule has 7 heteroatoms. The standard InChI is InChI=1S/C7H17NO6/c1-8(14)2-4(10)6(12)7(13)5(11)3-9/h4-13H,2-3H2,1H3/t4?,5-,6?,7?/m1/s1. The van der Waals surface area contributed by atoms with E-state index in [-0.39, 0.29) is 11.6 Å². The van der Waals surface area contributed by atoms with Crippen LogP contribution >= 0.6 is 0 Å². The zero-order chi connectivity index (χ0) is 11.3. The summed E-state index contributed by atoms with van der Waals surface area (Å²) in [6.45, 7) is -1.04. The highest BCUT2D eigenvalue weighted by Crippen LogP contribution is 2.03. The first-order valence-electron chi connectivity index (χ1n) is 4.22. The van der Waals surface area contributed by atoms with Gasteiger partial charge < -0.3 is 35.8 Å². The zero-order valence-corrected chi connectivity index (χ0v) is 7.87. The van der Waals surface area contributed by atoms with Gasteiger partial charge in [-0.2, -0.15) is 0 Å². The Bertz CT molecular complexity index is 155. The Kier molecular flexibility index (Phi) is 6.12. The van der Waals surface area contributed by atoms with Gasteiger partial charge >= 0.3 is 0 Å². The summed E-state index contributed by atoms with van der Waals surface area (Å²) >= 11 is 0. The van der Waals surface area contributed by atoms with Crippen LogP contribution in [0, 0.1) is 5.21 Å². The van der Waals surface area contributed by atoms with Gasteiger partial charge in [0.15, 0.2) is 0 Å². The van der Waals surface area contributed by atoms with Crippen molar-refractivity contribution in [1.82, 2.24) is 0 Å². The van der Waals surface area contributed by atoms with Crippen LogP contribution in [0.1, 0.15) is 0 Å². The number of aliphatic hydroxyl groups is 5. The number of hydroxylamine groups is 2. The molecule has 4 unspecified atom stereocenters. The highest BCUT2D eigenvalue weighted by Gasteiger charge is 2.30. The van der Waals surface area contributed by atoms with Crippen molar-refractivity contribution in [2.75, 3.05) is 20.2 Å². The molecule has 0 aromatic rings. The van der Waals surface area contributed by atoms with Gasteiger partial charge in [0.1, 0.15) is 31.0 Å². The minimum Gasteiger partial charge on any atom is -0.634 e. The predicted octanol–water partition coefficient (Wildman–Crippen LogP) is -4.57. The molecule has 14 heavy (non-hydrogen) atoms. The molecule has 6 N–H and O–H groups in total. The van der Waals surface area contributed by atoms with Crippen LogP contribution in [0.5, 0.6) is 0 Å². The van der Waals surface area contributed by atoms with Gasteiger partial charge in [-0.3, -0.25) is 0 Å². The van der Waals surface area contributed by atoms with E-state index in [1.165, 1.54) is 7.05 Å². The number of quaternary nitrogens is 1. The molecule has 0 spiro atoms. The molecule has 0 amide bonds. The second-order valence-corrected chi connectivity index (χ2v) is 3.20. The SMILES string of the molecule is C[NH+]([O-])CC(O)C(O)C(O)[C@H](O)CO. The molecular weight excluding hydrogens is 194 g/mol. The van der Waals surface area contributed by atoms with Crippen LogP contribution < -0.4 is 5.06 Å². The summed E-state index contributed by atoms with van der Waals surface area (Å²) in [5.41, 5.74) is 0. The average Bonchev–Trinajstić information content (AvgIpc) is 2.13. The molecule has 86 valence electrons. The van der Waals surface area contributed by atoms with Crippen molar-refractivity contribution in [3.8, 4) is 0 Å². The summed E-state index contributed by atoms with van der Waals surface area (Å²) < 4.78 is 0. The fourth-order valence-electron chi connectivity index (χ4n) is 0.978. The summed E-state index contributed by atoms with van der Waals surface area (Å²) in [5.74, 6) is 0. The average molecular weight is 211 g/mol. The van der Waals surface area contributed by atoms with Crippen molar-refractivity contribution < 1.29 is 30.6 Å². The molecule has 0 aliphatic heterocycles. The Morgan fingerprint density at radius 2 is 1.50 bits per heavy atom. The van der Waals surface area contributed by atoms with Crippen molar-refractivity contribution in [2.45, 2.75) is 24.4 Å². The number of rotatable bonds is 6. The molecule has 0 heterocycles. The normalized spacial score (nSPS) is 22.5. The van der Waals surface area contributed by atoms with E-state index in [9.17, 15) is 15.4 Å². The van der Waals surface area contributed by atoms with Gasteiger partial charge in [-0.25, -0.2) is 0 Å². The van der Waals surface area contributed by atoms with E-state index in [2.05, 4.69) is 0 Å². The Balaban J connectivity index is 4.09. The third kappa shape index (κ3) is 4.29. The van der Waals surface area contributed by atoms with Crippen LogP contribution in [0.15, 0.2) is 0 Å². The lowest BCUT2D eigenvalue weighted by Crippen LogP contribution is -3.05. The van der Waals surface area contributed by atoms with E-state index in [4.69, 9.17) is 15.3 Å². The molecule has 0 bridgehead atoms. The molecule has 0 aromatic heterocycles. The number of aliphatic hydroxyl groups excluding tert-OH is 5. The Labute approximate surface area is 81.4 Å². The van der Waals surface area contributed by atoms with Gasteiger partial charge in [-0.1, -0.05) is 0 Å². The summed E-state index contributed by atoms with van der Waals surface area (Å²) in [4.78, 5) is 0. The van der Waals surface area contributed by atoms with Crippen LogP contribution in [0.4, 0.5) is 0 Å². The van der Waals surface area contributed by atoms with Crippen LogP contribution in [-0.2, 0) is 0 Å². The summed E-state index contributed by atoms with van der Waals surface area (Å²) in [6.07, 6.45) is -6.30. The maximum Gasteiger partial charge on any atom is 0.131 e. The molecule has 0 aliphatic rings. The Morgan fingerprint density at radius 1 is 1.07 bits per heavy atom. The van der Waals surface area contributed by atoms with Crippen molar-refractivity contribution in [2.24, 2.45) is 0 Å². The molecule has 7 nitrogen and oxygen atoms in total. The second kappa shape index (κ2) is 6.25. The smallest absolute Gasteiger partial charge is 0.131 e. The molecule has 0 radical (unpaired) electrons. The van der Waals surface area contributed by atoms with E-state index in [1.807, 2.05) is 0 Å². The van der Waals surface area contributed by atoms with E-state index in [1.54, 1.807) is 0 Å². The number of likely N-dealkylation sites (N-methyl/N-ethyl adjacent to an activating group) is 1. The van der Waals surface area contributed by atoms with E-state index < -0.39 is 31.0 Å². The topological polar surface area (TPSA) is 129 Å². The van der Waals surface area contributed by atoms with Gasteiger partial charge in [-0.05, 0) is 0 Å². The van der Waals surface area contributed by atoms with Crippen LogP contribution in [0.3, 0.4) is 0 Å². The van der Waals surface area contributed by atoms with Crippen molar-refractivity contribution >= 4 is 0 Å². The van der Waals surface area contributed by atoms with Gasteiger partial charge in [0.25, 0.3) is 0 Å². The van der Waals surface area contributed by atoms with E-state index in [0.29, 0.717) is 0 Å². The van der Waals surface area contributed by atoms with Crippen LogP contribution in [0.25, 0.3) is 0 Å². The minimum atomic E-state index is -1.67. The van der Waals surface area contributed by atoms with Crippen LogP contribution in [-0.4, -0.2) is 70.1 Å². The molecule has 0 rings (SSSR count). The summed E-state index contributed by atoms with van der Waals surface area (Å²) in [7, 11) is 1.23. The second-order valence-electron chi connectivity index (χ2n) is 3.20. The molecular formula is C7H17NO6. The maximum atomic E-state index is 10.6. The monoisotopic (exact) mass is 211 g/mol. The molecule has 0 aromatic carbocycles. The van der Waals surface area contributed by atoms with E-state index in [0.717, 1.165) is 0 Å². The predicted molar refractivity (Wildman–Crippen MR) is 46.2 cm³/mol. The maximum absolute atomic E-state index is 10.6. The molecule has 0 saturated heterocycles. The number of nitrogens with one attached hydrogen (secondary N) is 1. The van der Waals surface area contributed by atoms with Crippen LogP contribution in [0.2, 0.25) is 0 Å². The highest BCUT2D eigenvalue weighted by atomic mass is 16.5. The highest BCUT2D eigenvalue weighted by molar-refractivity contribution is 4.79. The third-order valence-electron chi connectivity index (χ3n) is 1.82. The molecule has 5 atom stereocenters. The molecule has 0 fully saturated rings. The first kappa shape index (κ1) is 13.7. The summed E-state index contributed by atoms with van der Waals surface area (Å²) in [5, 5.41) is 55.1. The Hall–Kier alpha value is -0.280. The number of hydrogen-bond donors (Lipinski definition) is 6. The van der Waals surface area contributed by atoms with Gasteiger partial charge in [0, 0.05) is 0 Å². The van der Waals surface area contributed by atoms with Crippen molar-refractivity contribution in [3.63, 3.8) is 0 Å². The largest absolute Gasteiger partial charge is 0.634 e. The Morgan fingerprint density at radius 3 is 1.86 bits per heavy atom. The van der Waals surface area contributed by atoms with Gasteiger partial charge in [0.2, 0.25) is 0 Å². The van der Waals surface area contributed by atoms with Crippen molar-refractivity contribution in [3.05, 3.63) is 5.21 Å². The lowest BCUT2D eigenvalue weighted by molar-refractivity contribution is -0.830.